The van der Waals surface area contributed by atoms with E-state index in [0.717, 1.165) is 21.9 Å². The highest BCUT2D eigenvalue weighted by atomic mass is 32.1. The topological polar surface area (TPSA) is 97.6 Å². The molecule has 1 aliphatic heterocycles. The third-order valence-electron chi connectivity index (χ3n) is 7.99. The van der Waals surface area contributed by atoms with Gasteiger partial charge in [0.1, 0.15) is 6.61 Å². The van der Waals surface area contributed by atoms with Crippen LogP contribution in [0.2, 0.25) is 0 Å². The van der Waals surface area contributed by atoms with Crippen molar-refractivity contribution in [1.82, 2.24) is 4.57 Å². The summed E-state index contributed by atoms with van der Waals surface area (Å²) in [6, 6.07) is 24.4. The molecule has 0 spiro atoms. The Bertz CT molecular complexity index is 2190. The number of hydrogen-bond donors (Lipinski definition) is 0. The first kappa shape index (κ1) is 31.6. The summed E-state index contributed by atoms with van der Waals surface area (Å²) in [5.74, 6) is 1.59. The second kappa shape index (κ2) is 13.6. The van der Waals surface area contributed by atoms with Crippen molar-refractivity contribution in [2.24, 2.45) is 4.99 Å². The standard InChI is InChI=1S/C37H34N2O7S/c1-6-45-36(41)33-22(2)38-37-39(34(33)25-15-17-28(42-3)31(20-25)44-5)35(40)32(47-37)19-23-14-16-29(30(18-23)43-4)46-21-26-12-9-11-24-10-7-8-13-27(24)26/h7-20,34H,6,21H2,1-5H3/b32-19-/t34-/m0/s1. The van der Waals surface area contributed by atoms with E-state index in [1.807, 2.05) is 48.5 Å². The monoisotopic (exact) mass is 650 g/mol. The lowest BCUT2D eigenvalue weighted by Gasteiger charge is -2.25. The van der Waals surface area contributed by atoms with Crippen LogP contribution >= 0.6 is 11.3 Å². The fourth-order valence-corrected chi connectivity index (χ4v) is 6.79. The highest BCUT2D eigenvalue weighted by Gasteiger charge is 2.34. The largest absolute Gasteiger partial charge is 0.493 e. The van der Waals surface area contributed by atoms with Crippen molar-refractivity contribution in [3.05, 3.63) is 127 Å². The van der Waals surface area contributed by atoms with E-state index in [1.165, 1.54) is 23.0 Å². The molecule has 1 aliphatic rings. The summed E-state index contributed by atoms with van der Waals surface area (Å²) in [5, 5.41) is 2.28. The molecule has 240 valence electrons. The van der Waals surface area contributed by atoms with E-state index >= 15 is 0 Å². The number of esters is 1. The molecule has 4 aromatic carbocycles. The Morgan fingerprint density at radius 2 is 1.62 bits per heavy atom. The molecule has 0 saturated carbocycles. The number of allylic oxidation sites excluding steroid dienone is 1. The molecule has 2 heterocycles. The van der Waals surface area contributed by atoms with Crippen LogP contribution in [0.4, 0.5) is 0 Å². The molecule has 47 heavy (non-hydrogen) atoms. The van der Waals surface area contributed by atoms with Gasteiger partial charge in [-0.1, -0.05) is 65.9 Å². The summed E-state index contributed by atoms with van der Waals surface area (Å²) >= 11 is 1.24. The third-order valence-corrected chi connectivity index (χ3v) is 8.97. The van der Waals surface area contributed by atoms with Gasteiger partial charge in [0.05, 0.1) is 49.8 Å². The second-order valence-corrected chi connectivity index (χ2v) is 11.8. The summed E-state index contributed by atoms with van der Waals surface area (Å²) in [7, 11) is 4.67. The van der Waals surface area contributed by atoms with E-state index in [1.54, 1.807) is 46.3 Å². The number of carbonyl (C=O) groups is 1. The van der Waals surface area contributed by atoms with Crippen LogP contribution in [0.3, 0.4) is 0 Å². The molecule has 9 nitrogen and oxygen atoms in total. The summed E-state index contributed by atoms with van der Waals surface area (Å²) < 4.78 is 30.2. The Hall–Kier alpha value is -5.35. The molecular weight excluding hydrogens is 616 g/mol. The maximum absolute atomic E-state index is 14.1. The van der Waals surface area contributed by atoms with Gasteiger partial charge in [0.2, 0.25) is 0 Å². The number of aromatic nitrogens is 1. The van der Waals surface area contributed by atoms with Gasteiger partial charge in [-0.25, -0.2) is 9.79 Å². The maximum atomic E-state index is 14.1. The molecule has 0 unspecified atom stereocenters. The summed E-state index contributed by atoms with van der Waals surface area (Å²) in [4.78, 5) is 32.5. The first-order chi connectivity index (χ1) is 22.9. The SMILES string of the molecule is CCOC(=O)C1=C(C)N=c2s/c(=C\c3ccc(OCc4cccc5ccccc45)c(OC)c3)c(=O)n2[C@H]1c1ccc(OC)c(OC)c1. The van der Waals surface area contributed by atoms with E-state index < -0.39 is 12.0 Å². The quantitative estimate of drug-likeness (QED) is 0.183. The Labute approximate surface area is 275 Å². The summed E-state index contributed by atoms with van der Waals surface area (Å²) in [6.45, 7) is 4.04. The van der Waals surface area contributed by atoms with Crippen LogP contribution in [0.1, 0.15) is 36.6 Å². The van der Waals surface area contributed by atoms with Gasteiger partial charge in [0, 0.05) is 0 Å². The third kappa shape index (κ3) is 6.12. The minimum absolute atomic E-state index is 0.183. The molecule has 0 radical (unpaired) electrons. The molecule has 0 aliphatic carbocycles. The zero-order valence-corrected chi connectivity index (χ0v) is 27.6. The molecule has 10 heteroatoms. The van der Waals surface area contributed by atoms with Crippen LogP contribution in [0.5, 0.6) is 23.0 Å². The van der Waals surface area contributed by atoms with Crippen molar-refractivity contribution < 1.29 is 28.5 Å². The predicted molar refractivity (Wildman–Crippen MR) is 181 cm³/mol. The van der Waals surface area contributed by atoms with Gasteiger partial charge in [-0.15, -0.1) is 0 Å². The van der Waals surface area contributed by atoms with Gasteiger partial charge in [0.15, 0.2) is 27.8 Å². The van der Waals surface area contributed by atoms with Crippen LogP contribution in [0, 0.1) is 0 Å². The second-order valence-electron chi connectivity index (χ2n) is 10.8. The van der Waals surface area contributed by atoms with Crippen LogP contribution < -0.4 is 33.8 Å². The van der Waals surface area contributed by atoms with E-state index in [0.29, 0.717) is 50.2 Å². The number of thiazole rings is 1. The molecule has 1 aromatic heterocycles. The zero-order valence-electron chi connectivity index (χ0n) is 26.7. The van der Waals surface area contributed by atoms with E-state index in [9.17, 15) is 9.59 Å². The minimum atomic E-state index is -0.786. The number of hydrogen-bond acceptors (Lipinski definition) is 9. The minimum Gasteiger partial charge on any atom is -0.493 e. The Morgan fingerprint density at radius 3 is 2.38 bits per heavy atom. The van der Waals surface area contributed by atoms with Gasteiger partial charge in [-0.3, -0.25) is 9.36 Å². The van der Waals surface area contributed by atoms with Crippen molar-refractivity contribution in [2.75, 3.05) is 27.9 Å². The number of ether oxygens (including phenoxy) is 5. The van der Waals surface area contributed by atoms with Crippen molar-refractivity contribution in [2.45, 2.75) is 26.5 Å². The van der Waals surface area contributed by atoms with E-state index in [2.05, 4.69) is 23.2 Å². The van der Waals surface area contributed by atoms with Crippen LogP contribution in [-0.4, -0.2) is 38.5 Å². The van der Waals surface area contributed by atoms with Crippen LogP contribution in [0.25, 0.3) is 16.8 Å². The molecule has 1 atom stereocenters. The molecule has 0 N–H and O–H groups in total. The van der Waals surface area contributed by atoms with Crippen molar-refractivity contribution in [3.8, 4) is 23.0 Å². The lowest BCUT2D eigenvalue weighted by molar-refractivity contribution is -0.139. The first-order valence-corrected chi connectivity index (χ1v) is 15.9. The van der Waals surface area contributed by atoms with Crippen molar-refractivity contribution in [1.29, 1.82) is 0 Å². The predicted octanol–water partition coefficient (Wildman–Crippen LogP) is 5.56. The van der Waals surface area contributed by atoms with E-state index in [4.69, 9.17) is 23.7 Å². The highest BCUT2D eigenvalue weighted by molar-refractivity contribution is 7.07. The average Bonchev–Trinajstić information content (AvgIpc) is 3.39. The van der Waals surface area contributed by atoms with Gasteiger partial charge in [-0.05, 0) is 71.7 Å². The van der Waals surface area contributed by atoms with Crippen LogP contribution in [-0.2, 0) is 16.1 Å². The maximum Gasteiger partial charge on any atom is 0.338 e. The summed E-state index contributed by atoms with van der Waals surface area (Å²) in [6.07, 6.45) is 1.79. The van der Waals surface area contributed by atoms with Gasteiger partial charge < -0.3 is 23.7 Å². The molecule has 0 bridgehead atoms. The van der Waals surface area contributed by atoms with Gasteiger partial charge >= 0.3 is 5.97 Å². The first-order valence-electron chi connectivity index (χ1n) is 15.1. The number of benzene rings is 4. The average molecular weight is 651 g/mol. The highest BCUT2D eigenvalue weighted by Crippen LogP contribution is 2.36. The molecule has 6 rings (SSSR count). The smallest absolute Gasteiger partial charge is 0.338 e. The summed E-state index contributed by atoms with van der Waals surface area (Å²) in [5.41, 5.74) is 2.93. The molecular formula is C37H34N2O7S. The van der Waals surface area contributed by atoms with Gasteiger partial charge in [0.25, 0.3) is 5.56 Å². The number of carbonyl (C=O) groups excluding carboxylic acids is 1. The molecule has 0 amide bonds. The van der Waals surface area contributed by atoms with Crippen LogP contribution in [0.15, 0.2) is 99.9 Å². The lowest BCUT2D eigenvalue weighted by atomic mass is 9.95. The normalized spacial score (nSPS) is 14.4. The lowest BCUT2D eigenvalue weighted by Crippen LogP contribution is -2.39. The molecule has 0 fully saturated rings. The number of rotatable bonds is 10. The van der Waals surface area contributed by atoms with Crippen molar-refractivity contribution in [3.63, 3.8) is 0 Å². The fourth-order valence-electron chi connectivity index (χ4n) is 5.75. The van der Waals surface area contributed by atoms with Gasteiger partial charge in [-0.2, -0.15) is 0 Å². The zero-order chi connectivity index (χ0) is 33.1. The number of fused-ring (bicyclic) bond motifs is 2. The Balaban J connectivity index is 1.38. The number of nitrogens with zero attached hydrogens (tertiary/aromatic N) is 2. The van der Waals surface area contributed by atoms with Crippen molar-refractivity contribution >= 4 is 34.2 Å². The molecule has 0 saturated heterocycles. The molecule has 5 aromatic rings. The Kier molecular flexibility index (Phi) is 9.12. The number of methoxy groups -OCH3 is 3. The Morgan fingerprint density at radius 1 is 0.894 bits per heavy atom. The fraction of sp³-hybridized carbons (Fsp3) is 0.216. The van der Waals surface area contributed by atoms with E-state index in [-0.39, 0.29) is 17.7 Å².